The zero-order valence-electron chi connectivity index (χ0n) is 11.0. The number of halogens is 3. The summed E-state index contributed by atoms with van der Waals surface area (Å²) in [5.74, 6) is -2.20. The lowest BCUT2D eigenvalue weighted by Gasteiger charge is -2.13. The van der Waals surface area contributed by atoms with Crippen molar-refractivity contribution in [3.63, 3.8) is 0 Å². The maximum atomic E-state index is 13.7. The van der Waals surface area contributed by atoms with Crippen LogP contribution in [0.5, 0.6) is 0 Å². The topological polar surface area (TPSA) is 34.0 Å². The van der Waals surface area contributed by atoms with Crippen molar-refractivity contribution < 1.29 is 13.6 Å². The van der Waals surface area contributed by atoms with Gasteiger partial charge in [0.05, 0.1) is 0 Å². The molecule has 0 unspecified atom stereocenters. The van der Waals surface area contributed by atoms with Crippen molar-refractivity contribution in [2.45, 2.75) is 19.9 Å². The Morgan fingerprint density at radius 2 is 1.90 bits per heavy atom. The standard InChI is InChI=1S/C14H13BrF2N2O/c1-8(2)19-5-3-4-12(19)14(20)18-13-10(16)6-9(15)7-11(13)17/h3-8H,1-2H3,(H,18,20). The molecule has 0 aliphatic carbocycles. The van der Waals surface area contributed by atoms with Crippen molar-refractivity contribution in [2.24, 2.45) is 0 Å². The third-order valence-electron chi connectivity index (χ3n) is 2.81. The predicted molar refractivity (Wildman–Crippen MR) is 76.8 cm³/mol. The summed E-state index contributed by atoms with van der Waals surface area (Å²) in [6.07, 6.45) is 1.74. The fraction of sp³-hybridized carbons (Fsp3) is 0.214. The van der Waals surface area contributed by atoms with E-state index in [-0.39, 0.29) is 10.5 Å². The molecule has 1 aromatic heterocycles. The number of carbonyl (C=O) groups excluding carboxylic acids is 1. The van der Waals surface area contributed by atoms with Crippen LogP contribution in [-0.2, 0) is 0 Å². The van der Waals surface area contributed by atoms with Gasteiger partial charge in [0.15, 0.2) is 11.6 Å². The Kier molecular flexibility index (Phi) is 4.23. The number of benzene rings is 1. The highest BCUT2D eigenvalue weighted by atomic mass is 79.9. The molecule has 1 heterocycles. The summed E-state index contributed by atoms with van der Waals surface area (Å²) < 4.78 is 29.4. The molecule has 1 aromatic carbocycles. The molecule has 0 spiro atoms. The van der Waals surface area contributed by atoms with Gasteiger partial charge in [-0.15, -0.1) is 0 Å². The molecule has 0 atom stereocenters. The van der Waals surface area contributed by atoms with Gasteiger partial charge in [-0.05, 0) is 38.1 Å². The lowest BCUT2D eigenvalue weighted by Crippen LogP contribution is -2.19. The first-order chi connectivity index (χ1) is 9.40. The van der Waals surface area contributed by atoms with Crippen LogP contribution < -0.4 is 5.32 Å². The molecular weight excluding hydrogens is 330 g/mol. The molecule has 0 fully saturated rings. The third kappa shape index (κ3) is 2.90. The molecule has 0 aliphatic rings. The van der Waals surface area contributed by atoms with Crippen LogP contribution in [0.2, 0.25) is 0 Å². The van der Waals surface area contributed by atoms with Crippen molar-refractivity contribution in [1.29, 1.82) is 0 Å². The first-order valence-corrected chi connectivity index (χ1v) is 6.82. The molecule has 2 aromatic rings. The minimum absolute atomic E-state index is 0.0744. The quantitative estimate of drug-likeness (QED) is 0.883. The summed E-state index contributed by atoms with van der Waals surface area (Å²) in [5, 5.41) is 2.27. The summed E-state index contributed by atoms with van der Waals surface area (Å²) in [6, 6.07) is 5.58. The van der Waals surface area contributed by atoms with Crippen molar-refractivity contribution in [1.82, 2.24) is 4.57 Å². The van der Waals surface area contributed by atoms with Gasteiger partial charge in [-0.3, -0.25) is 4.79 Å². The molecule has 20 heavy (non-hydrogen) atoms. The Labute approximate surface area is 123 Å². The molecule has 6 heteroatoms. The van der Waals surface area contributed by atoms with Gasteiger partial charge in [0, 0.05) is 16.7 Å². The molecule has 0 aliphatic heterocycles. The number of amides is 1. The highest BCUT2D eigenvalue weighted by molar-refractivity contribution is 9.10. The van der Waals surface area contributed by atoms with E-state index in [2.05, 4.69) is 21.2 Å². The summed E-state index contributed by atoms with van der Waals surface area (Å²) in [6.45, 7) is 3.83. The van der Waals surface area contributed by atoms with Gasteiger partial charge in [0.1, 0.15) is 11.4 Å². The van der Waals surface area contributed by atoms with E-state index in [1.165, 1.54) is 0 Å². The van der Waals surface area contributed by atoms with Gasteiger partial charge in [0.25, 0.3) is 5.91 Å². The van der Waals surface area contributed by atoms with Gasteiger partial charge >= 0.3 is 0 Å². The minimum Gasteiger partial charge on any atom is -0.341 e. The lowest BCUT2D eigenvalue weighted by molar-refractivity contribution is 0.101. The van der Waals surface area contributed by atoms with Crippen LogP contribution >= 0.6 is 15.9 Å². The van der Waals surface area contributed by atoms with Crippen molar-refractivity contribution >= 4 is 27.5 Å². The third-order valence-corrected chi connectivity index (χ3v) is 3.27. The van der Waals surface area contributed by atoms with Gasteiger partial charge in [-0.1, -0.05) is 15.9 Å². The van der Waals surface area contributed by atoms with E-state index in [4.69, 9.17) is 0 Å². The van der Waals surface area contributed by atoms with Crippen molar-refractivity contribution in [2.75, 3.05) is 5.32 Å². The van der Waals surface area contributed by atoms with E-state index < -0.39 is 23.2 Å². The van der Waals surface area contributed by atoms with E-state index >= 15 is 0 Å². The largest absolute Gasteiger partial charge is 0.341 e. The van der Waals surface area contributed by atoms with Crippen LogP contribution in [-0.4, -0.2) is 10.5 Å². The number of aromatic nitrogens is 1. The second-order valence-corrected chi connectivity index (χ2v) is 5.51. The average Bonchev–Trinajstić information content (AvgIpc) is 2.82. The lowest BCUT2D eigenvalue weighted by atomic mass is 10.2. The molecule has 1 N–H and O–H groups in total. The van der Waals surface area contributed by atoms with Crippen LogP contribution in [0.4, 0.5) is 14.5 Å². The van der Waals surface area contributed by atoms with Gasteiger partial charge < -0.3 is 9.88 Å². The van der Waals surface area contributed by atoms with E-state index in [0.717, 1.165) is 12.1 Å². The molecule has 106 valence electrons. The summed E-state index contributed by atoms with van der Waals surface area (Å²) in [7, 11) is 0. The van der Waals surface area contributed by atoms with Crippen LogP contribution in [0.15, 0.2) is 34.9 Å². The first-order valence-electron chi connectivity index (χ1n) is 6.03. The second kappa shape index (κ2) is 5.75. The summed E-state index contributed by atoms with van der Waals surface area (Å²) >= 11 is 2.99. The summed E-state index contributed by atoms with van der Waals surface area (Å²) in [5.41, 5.74) is -0.101. The Morgan fingerprint density at radius 3 is 2.45 bits per heavy atom. The fourth-order valence-corrected chi connectivity index (χ4v) is 2.28. The maximum absolute atomic E-state index is 13.7. The molecule has 0 saturated heterocycles. The van der Waals surface area contributed by atoms with E-state index in [1.807, 2.05) is 13.8 Å². The number of carbonyl (C=O) groups is 1. The zero-order valence-corrected chi connectivity index (χ0v) is 12.5. The van der Waals surface area contributed by atoms with Gasteiger partial charge in [-0.2, -0.15) is 0 Å². The number of rotatable bonds is 3. The van der Waals surface area contributed by atoms with Crippen molar-refractivity contribution in [3.05, 3.63) is 52.3 Å². The minimum atomic E-state index is -0.826. The van der Waals surface area contributed by atoms with E-state index in [1.54, 1.807) is 22.9 Å². The van der Waals surface area contributed by atoms with Crippen LogP contribution in [0.3, 0.4) is 0 Å². The molecular formula is C14H13BrF2N2O. The fourth-order valence-electron chi connectivity index (χ4n) is 1.88. The molecule has 0 saturated carbocycles. The Bertz CT molecular complexity index is 629. The monoisotopic (exact) mass is 342 g/mol. The number of nitrogens with zero attached hydrogens (tertiary/aromatic N) is 1. The number of hydrogen-bond donors (Lipinski definition) is 1. The molecule has 0 radical (unpaired) electrons. The smallest absolute Gasteiger partial charge is 0.272 e. The number of nitrogens with one attached hydrogen (secondary N) is 1. The SMILES string of the molecule is CC(C)n1cccc1C(=O)Nc1c(F)cc(Br)cc1F. The van der Waals surface area contributed by atoms with Gasteiger partial charge in [-0.25, -0.2) is 8.78 Å². The molecule has 1 amide bonds. The summed E-state index contributed by atoms with van der Waals surface area (Å²) in [4.78, 5) is 12.1. The van der Waals surface area contributed by atoms with Crippen LogP contribution in [0, 0.1) is 11.6 Å². The maximum Gasteiger partial charge on any atom is 0.272 e. The second-order valence-electron chi connectivity index (χ2n) is 4.59. The van der Waals surface area contributed by atoms with Gasteiger partial charge in [0.2, 0.25) is 0 Å². The molecule has 0 bridgehead atoms. The predicted octanol–water partition coefficient (Wildman–Crippen LogP) is 4.36. The normalized spacial score (nSPS) is 10.9. The highest BCUT2D eigenvalue weighted by Gasteiger charge is 2.17. The van der Waals surface area contributed by atoms with Crippen LogP contribution in [0.25, 0.3) is 0 Å². The Hall–Kier alpha value is -1.69. The molecule has 3 nitrogen and oxygen atoms in total. The number of anilines is 1. The average molecular weight is 343 g/mol. The molecule has 2 rings (SSSR count). The van der Waals surface area contributed by atoms with Crippen molar-refractivity contribution in [3.8, 4) is 0 Å². The Balaban J connectivity index is 2.31. The Morgan fingerprint density at radius 1 is 1.30 bits per heavy atom. The highest BCUT2D eigenvalue weighted by Crippen LogP contribution is 2.24. The van der Waals surface area contributed by atoms with Crippen LogP contribution in [0.1, 0.15) is 30.4 Å². The first kappa shape index (κ1) is 14.7. The zero-order chi connectivity index (χ0) is 14.9. The van der Waals surface area contributed by atoms with E-state index in [0.29, 0.717) is 5.69 Å². The van der Waals surface area contributed by atoms with E-state index in [9.17, 15) is 13.6 Å². The number of hydrogen-bond acceptors (Lipinski definition) is 1.